The first kappa shape index (κ1) is 42.5. The highest BCUT2D eigenvalue weighted by molar-refractivity contribution is 5.97. The van der Waals surface area contributed by atoms with Crippen molar-refractivity contribution in [3.05, 3.63) is 167 Å². The van der Waals surface area contributed by atoms with Crippen LogP contribution in [-0.2, 0) is 49.7 Å². The number of carbonyl (C=O) groups is 6. The molecule has 2 heterocycles. The van der Waals surface area contributed by atoms with E-state index in [1.54, 1.807) is 36.4 Å². The Balaban J connectivity index is 1.35. The molecule has 5 atom stereocenters. The lowest BCUT2D eigenvalue weighted by Crippen LogP contribution is -2.60. The topological polar surface area (TPSA) is 209 Å². The van der Waals surface area contributed by atoms with Gasteiger partial charge in [-0.3, -0.25) is 24.0 Å². The zero-order valence-electron chi connectivity index (χ0n) is 32.9. The maximum absolute atomic E-state index is 14.5. The molecule has 13 nitrogen and oxygen atoms in total. The van der Waals surface area contributed by atoms with Crippen LogP contribution in [0.3, 0.4) is 0 Å². The van der Waals surface area contributed by atoms with Gasteiger partial charge in [-0.15, -0.1) is 0 Å². The monoisotopic (exact) mass is 808 g/mol. The Morgan fingerprint density at radius 1 is 0.533 bits per heavy atom. The van der Waals surface area contributed by atoms with Crippen LogP contribution in [-0.4, -0.2) is 77.4 Å². The SMILES string of the molecule is NC1CNC(=O)c2ccc(cc2)CC(C(=O)O)NC(=O)C(Cc2ccccc2)NC(=O)C(Cc2ccc(-c3ccccc3)cc2)NC(=O)C(CCc2ccccc2)NC1=O. The molecule has 60 heavy (non-hydrogen) atoms. The van der Waals surface area contributed by atoms with Gasteiger partial charge in [-0.25, -0.2) is 4.79 Å². The van der Waals surface area contributed by atoms with Crippen molar-refractivity contribution in [2.75, 3.05) is 6.54 Å². The Bertz CT molecular complexity index is 2260. The third kappa shape index (κ3) is 12.0. The molecule has 5 aromatic rings. The van der Waals surface area contributed by atoms with Gasteiger partial charge in [-0.05, 0) is 58.4 Å². The van der Waals surface area contributed by atoms with Crippen molar-refractivity contribution >= 4 is 35.5 Å². The van der Waals surface area contributed by atoms with Gasteiger partial charge in [0, 0.05) is 31.4 Å². The number of carboxylic acid groups (broad SMARTS) is 1. The predicted octanol–water partition coefficient (Wildman–Crippen LogP) is 3.11. The van der Waals surface area contributed by atoms with E-state index in [1.165, 1.54) is 12.1 Å². The molecule has 2 bridgehead atoms. The van der Waals surface area contributed by atoms with Crippen molar-refractivity contribution in [2.24, 2.45) is 5.73 Å². The van der Waals surface area contributed by atoms with Crippen LogP contribution in [0.1, 0.15) is 39.0 Å². The quantitative estimate of drug-likeness (QED) is 0.110. The fourth-order valence-corrected chi connectivity index (χ4v) is 6.91. The summed E-state index contributed by atoms with van der Waals surface area (Å²) in [6, 6.07) is 35.4. The summed E-state index contributed by atoms with van der Waals surface area (Å²) >= 11 is 0. The summed E-state index contributed by atoms with van der Waals surface area (Å²) in [6.45, 7) is -0.251. The first-order chi connectivity index (χ1) is 29.0. The second-order valence-corrected chi connectivity index (χ2v) is 14.8. The number of carbonyl (C=O) groups excluding carboxylic acids is 5. The van der Waals surface area contributed by atoms with E-state index in [9.17, 15) is 33.9 Å². The van der Waals surface area contributed by atoms with Gasteiger partial charge >= 0.3 is 5.97 Å². The lowest BCUT2D eigenvalue weighted by atomic mass is 9.98. The molecule has 0 aliphatic carbocycles. The number of fused-ring (bicyclic) bond motifs is 18. The number of nitrogens with two attached hydrogens (primary N) is 1. The molecular weight excluding hydrogens is 761 g/mol. The molecule has 308 valence electrons. The number of aliphatic carboxylic acids is 1. The second kappa shape index (κ2) is 20.5. The number of carboxylic acids is 1. The minimum atomic E-state index is -1.39. The van der Waals surface area contributed by atoms with Gasteiger partial charge < -0.3 is 37.4 Å². The van der Waals surface area contributed by atoms with Crippen molar-refractivity contribution in [3.8, 4) is 11.1 Å². The van der Waals surface area contributed by atoms with Gasteiger partial charge in [0.15, 0.2) is 0 Å². The number of amides is 5. The molecule has 0 saturated heterocycles. The normalized spacial score (nSPS) is 20.7. The van der Waals surface area contributed by atoms with Crippen LogP contribution in [0.4, 0.5) is 0 Å². The molecule has 0 saturated carbocycles. The molecule has 0 fully saturated rings. The third-order valence-corrected chi connectivity index (χ3v) is 10.3. The van der Waals surface area contributed by atoms with Crippen LogP contribution in [0.15, 0.2) is 140 Å². The Hall–Kier alpha value is -7.12. The number of hydrogen-bond acceptors (Lipinski definition) is 7. The molecule has 0 aromatic heterocycles. The van der Waals surface area contributed by atoms with Crippen molar-refractivity contribution < 1.29 is 33.9 Å². The van der Waals surface area contributed by atoms with Gasteiger partial charge in [0.05, 0.1) is 0 Å². The molecule has 5 aromatic carbocycles. The van der Waals surface area contributed by atoms with Gasteiger partial charge in [0.1, 0.15) is 30.2 Å². The van der Waals surface area contributed by atoms with E-state index in [0.29, 0.717) is 23.1 Å². The molecule has 2 aliphatic rings. The minimum absolute atomic E-state index is 0.00475. The molecule has 2 aliphatic heterocycles. The van der Waals surface area contributed by atoms with E-state index in [2.05, 4.69) is 26.6 Å². The highest BCUT2D eigenvalue weighted by Crippen LogP contribution is 2.20. The van der Waals surface area contributed by atoms with Gasteiger partial charge in [-0.1, -0.05) is 127 Å². The van der Waals surface area contributed by atoms with Crippen molar-refractivity contribution in [2.45, 2.75) is 62.3 Å². The fraction of sp³-hybridized carbons (Fsp3) is 0.234. The smallest absolute Gasteiger partial charge is 0.326 e. The predicted molar refractivity (Wildman–Crippen MR) is 226 cm³/mol. The summed E-state index contributed by atoms with van der Waals surface area (Å²) in [5, 5.41) is 23.8. The standard InChI is InChI=1S/C47H48N6O7/c48-37-29-49-42(54)36-23-18-33(19-24-36)28-41(47(59)60)53-46(58)39(26-31-12-6-2-7-13-31)52-45(57)40(27-32-16-21-35(22-17-32)34-14-8-3-9-15-34)51-44(56)38(50-43(37)55)25-20-30-10-4-1-5-11-30/h1-19,21-24,37-41H,20,25-29,48H2,(H,49,54)(H,50,55)(H,51,56)(H,52,57)(H,53,58)(H,59,60). The maximum Gasteiger partial charge on any atom is 0.326 e. The first-order valence-corrected chi connectivity index (χ1v) is 19.8. The number of nitrogens with one attached hydrogen (secondary N) is 5. The van der Waals surface area contributed by atoms with E-state index in [0.717, 1.165) is 16.7 Å². The zero-order chi connectivity index (χ0) is 42.4. The van der Waals surface area contributed by atoms with Crippen LogP contribution in [0.5, 0.6) is 0 Å². The van der Waals surface area contributed by atoms with Crippen molar-refractivity contribution in [1.29, 1.82) is 0 Å². The lowest BCUT2D eigenvalue weighted by molar-refractivity contribution is -0.142. The molecule has 0 radical (unpaired) electrons. The van der Waals surface area contributed by atoms with Gasteiger partial charge in [0.2, 0.25) is 23.6 Å². The third-order valence-electron chi connectivity index (χ3n) is 10.3. The zero-order valence-corrected chi connectivity index (χ0v) is 32.9. The molecule has 5 amide bonds. The Morgan fingerprint density at radius 3 is 1.58 bits per heavy atom. The Kier molecular flexibility index (Phi) is 14.5. The minimum Gasteiger partial charge on any atom is -0.480 e. The van der Waals surface area contributed by atoms with Crippen LogP contribution in [0.25, 0.3) is 11.1 Å². The van der Waals surface area contributed by atoms with Crippen molar-refractivity contribution in [3.63, 3.8) is 0 Å². The summed E-state index contributed by atoms with van der Waals surface area (Å²) < 4.78 is 0. The average molecular weight is 809 g/mol. The van der Waals surface area contributed by atoms with E-state index >= 15 is 0 Å². The summed E-state index contributed by atoms with van der Waals surface area (Å²) in [5.41, 5.74) is 11.2. The summed E-state index contributed by atoms with van der Waals surface area (Å²) in [5.74, 6) is -4.64. The van der Waals surface area contributed by atoms with E-state index in [1.807, 2.05) is 91.0 Å². The maximum atomic E-state index is 14.5. The largest absolute Gasteiger partial charge is 0.480 e. The molecule has 7 rings (SSSR count). The lowest BCUT2D eigenvalue weighted by Gasteiger charge is -2.27. The van der Waals surface area contributed by atoms with Crippen molar-refractivity contribution in [1.82, 2.24) is 26.6 Å². The first-order valence-electron chi connectivity index (χ1n) is 19.8. The summed E-state index contributed by atoms with van der Waals surface area (Å²) in [4.78, 5) is 81.8. The number of hydrogen-bond donors (Lipinski definition) is 7. The Morgan fingerprint density at radius 2 is 1.00 bits per heavy atom. The molecule has 13 heteroatoms. The van der Waals surface area contributed by atoms with E-state index < -0.39 is 65.7 Å². The molecular formula is C47H48N6O7. The highest BCUT2D eigenvalue weighted by atomic mass is 16.4. The molecule has 0 spiro atoms. The fourth-order valence-electron chi connectivity index (χ4n) is 6.91. The summed E-state index contributed by atoms with van der Waals surface area (Å²) in [6.07, 6.45) is 0.424. The van der Waals surface area contributed by atoms with Crippen LogP contribution in [0, 0.1) is 0 Å². The molecule has 8 N–H and O–H groups in total. The molecule has 5 unspecified atom stereocenters. The van der Waals surface area contributed by atoms with Gasteiger partial charge in [0.25, 0.3) is 5.91 Å². The number of rotatable bonds is 9. The van der Waals surface area contributed by atoms with Crippen LogP contribution in [0.2, 0.25) is 0 Å². The van der Waals surface area contributed by atoms with Crippen LogP contribution >= 0.6 is 0 Å². The van der Waals surface area contributed by atoms with E-state index in [-0.39, 0.29) is 37.8 Å². The van der Waals surface area contributed by atoms with E-state index in [4.69, 9.17) is 5.73 Å². The number of aryl methyl sites for hydroxylation is 1. The Labute approximate surface area is 348 Å². The summed E-state index contributed by atoms with van der Waals surface area (Å²) in [7, 11) is 0. The highest BCUT2D eigenvalue weighted by Gasteiger charge is 2.32. The average Bonchev–Trinajstić information content (AvgIpc) is 3.27. The van der Waals surface area contributed by atoms with Crippen LogP contribution < -0.4 is 32.3 Å². The second-order valence-electron chi connectivity index (χ2n) is 14.8. The number of benzene rings is 5. The van der Waals surface area contributed by atoms with Gasteiger partial charge in [-0.2, -0.15) is 0 Å².